The van der Waals surface area contributed by atoms with Crippen LogP contribution in [0.5, 0.6) is 0 Å². The summed E-state index contributed by atoms with van der Waals surface area (Å²) in [4.78, 5) is 31.5. The predicted molar refractivity (Wildman–Crippen MR) is 160 cm³/mol. The van der Waals surface area contributed by atoms with Crippen molar-refractivity contribution in [1.29, 1.82) is 0 Å². The fourth-order valence-corrected chi connectivity index (χ4v) is 6.16. The van der Waals surface area contributed by atoms with Crippen LogP contribution in [0, 0.1) is 5.92 Å². The summed E-state index contributed by atoms with van der Waals surface area (Å²) in [6.45, 7) is 9.43. The number of carbonyl (C=O) groups is 1. The minimum absolute atomic E-state index is 0.0229. The minimum Gasteiger partial charge on any atom is -0.381 e. The minimum atomic E-state index is -0.0229. The standard InChI is InChI=1S/C29H42N10O2/c1-19(2)39-24-16-26(34-25-6-12-31-29(35-25)37-14-8-22(41-3)9-15-37)32-17-23(24)27(36-39)38-13-7-20(18-38)28(40)33-21-4-10-30-11-5-21/h6,12,16-17,19-22,30H,4-5,7-11,13-15,18H2,1-3H3,(H,33,40)(H,31,32,34,35). The van der Waals surface area contributed by atoms with E-state index in [9.17, 15) is 4.79 Å². The van der Waals surface area contributed by atoms with Crippen LogP contribution >= 0.6 is 0 Å². The smallest absolute Gasteiger partial charge is 0.227 e. The summed E-state index contributed by atoms with van der Waals surface area (Å²) in [5.41, 5.74) is 1.01. The number of nitrogens with one attached hydrogen (secondary N) is 3. The summed E-state index contributed by atoms with van der Waals surface area (Å²) in [5, 5.41) is 16.0. The zero-order valence-electron chi connectivity index (χ0n) is 24.3. The molecule has 1 atom stereocenters. The van der Waals surface area contributed by atoms with E-state index in [-0.39, 0.29) is 23.9 Å². The lowest BCUT2D eigenvalue weighted by molar-refractivity contribution is -0.125. The number of fused-ring (bicyclic) bond motifs is 1. The molecule has 3 fully saturated rings. The fourth-order valence-electron chi connectivity index (χ4n) is 6.16. The number of hydrogen-bond donors (Lipinski definition) is 3. The normalized spacial score (nSPS) is 20.7. The van der Waals surface area contributed by atoms with Crippen molar-refractivity contribution in [2.24, 2.45) is 5.92 Å². The molecule has 0 aliphatic carbocycles. The van der Waals surface area contributed by atoms with Crippen molar-refractivity contribution < 1.29 is 9.53 Å². The summed E-state index contributed by atoms with van der Waals surface area (Å²) in [6.07, 6.45) is 8.75. The summed E-state index contributed by atoms with van der Waals surface area (Å²) in [6, 6.07) is 4.35. The van der Waals surface area contributed by atoms with E-state index in [0.29, 0.717) is 30.2 Å². The quantitative estimate of drug-likeness (QED) is 0.377. The van der Waals surface area contributed by atoms with E-state index in [1.54, 1.807) is 13.3 Å². The Bertz CT molecular complexity index is 1350. The number of carbonyl (C=O) groups excluding carboxylic acids is 1. The number of pyridine rings is 1. The lowest BCUT2D eigenvalue weighted by atomic mass is 10.0. The molecular weight excluding hydrogens is 520 g/mol. The Morgan fingerprint density at radius 1 is 1.05 bits per heavy atom. The van der Waals surface area contributed by atoms with E-state index < -0.39 is 0 Å². The molecule has 3 aliphatic rings. The van der Waals surface area contributed by atoms with Gasteiger partial charge in [0.15, 0.2) is 5.82 Å². The summed E-state index contributed by atoms with van der Waals surface area (Å²) in [7, 11) is 1.77. The van der Waals surface area contributed by atoms with Crippen molar-refractivity contribution in [2.75, 3.05) is 61.5 Å². The van der Waals surface area contributed by atoms with E-state index in [1.165, 1.54) is 0 Å². The molecule has 3 saturated heterocycles. The molecule has 0 bridgehead atoms. The molecule has 0 saturated carbocycles. The topological polar surface area (TPSA) is 125 Å². The van der Waals surface area contributed by atoms with Gasteiger partial charge in [-0.05, 0) is 65.1 Å². The SMILES string of the molecule is COC1CCN(c2nccc(Nc3cc4c(cn3)c(N3CCC(C(=O)NC5CCNCC5)C3)nn4C(C)C)n2)CC1. The third-order valence-electron chi connectivity index (χ3n) is 8.56. The van der Waals surface area contributed by atoms with Crippen molar-refractivity contribution in [2.45, 2.75) is 64.1 Å². The maximum Gasteiger partial charge on any atom is 0.227 e. The van der Waals surface area contributed by atoms with Crippen LogP contribution in [0.3, 0.4) is 0 Å². The Hall–Kier alpha value is -3.51. The molecule has 3 aromatic heterocycles. The molecule has 1 unspecified atom stereocenters. The highest BCUT2D eigenvalue weighted by atomic mass is 16.5. The monoisotopic (exact) mass is 562 g/mol. The highest BCUT2D eigenvalue weighted by Crippen LogP contribution is 2.33. The lowest BCUT2D eigenvalue weighted by Crippen LogP contribution is -2.45. The summed E-state index contributed by atoms with van der Waals surface area (Å²) < 4.78 is 7.55. The second-order valence-electron chi connectivity index (χ2n) is 11.7. The van der Waals surface area contributed by atoms with E-state index in [4.69, 9.17) is 19.8 Å². The van der Waals surface area contributed by atoms with Gasteiger partial charge in [0.1, 0.15) is 11.6 Å². The number of nitrogens with zero attached hydrogens (tertiary/aromatic N) is 7. The highest BCUT2D eigenvalue weighted by Gasteiger charge is 2.32. The molecule has 0 radical (unpaired) electrons. The first-order valence-corrected chi connectivity index (χ1v) is 15.0. The molecule has 6 heterocycles. The Labute approximate surface area is 241 Å². The Morgan fingerprint density at radius 3 is 2.59 bits per heavy atom. The Morgan fingerprint density at radius 2 is 1.83 bits per heavy atom. The molecule has 0 spiro atoms. The molecule has 3 aromatic rings. The second kappa shape index (κ2) is 12.2. The number of anilines is 4. The van der Waals surface area contributed by atoms with Gasteiger partial charge in [0.05, 0.1) is 22.9 Å². The molecule has 12 heteroatoms. The van der Waals surface area contributed by atoms with Gasteiger partial charge in [-0.25, -0.2) is 9.97 Å². The number of hydrogen-bond acceptors (Lipinski definition) is 10. The number of ether oxygens (including phenoxy) is 1. The average molecular weight is 563 g/mol. The van der Waals surface area contributed by atoms with E-state index in [0.717, 1.165) is 81.5 Å². The van der Waals surface area contributed by atoms with Gasteiger partial charge >= 0.3 is 0 Å². The number of methoxy groups -OCH3 is 1. The van der Waals surface area contributed by atoms with Crippen molar-refractivity contribution in [3.05, 3.63) is 24.5 Å². The van der Waals surface area contributed by atoms with Crippen LogP contribution in [-0.4, -0.2) is 89.2 Å². The molecule has 41 heavy (non-hydrogen) atoms. The van der Waals surface area contributed by atoms with Crippen molar-refractivity contribution >= 4 is 40.2 Å². The van der Waals surface area contributed by atoms with Crippen LogP contribution in [0.25, 0.3) is 10.9 Å². The van der Waals surface area contributed by atoms with Gasteiger partial charge < -0.3 is 30.5 Å². The van der Waals surface area contributed by atoms with Crippen LogP contribution in [0.2, 0.25) is 0 Å². The van der Waals surface area contributed by atoms with Gasteiger partial charge in [0, 0.05) is 63.8 Å². The van der Waals surface area contributed by atoms with Crippen molar-refractivity contribution in [3.63, 3.8) is 0 Å². The number of amides is 1. The fraction of sp³-hybridized carbons (Fsp3) is 0.621. The Balaban J connectivity index is 1.17. The van der Waals surface area contributed by atoms with E-state index in [1.807, 2.05) is 23.0 Å². The first-order chi connectivity index (χ1) is 20.0. The van der Waals surface area contributed by atoms with Crippen molar-refractivity contribution in [3.8, 4) is 0 Å². The molecule has 0 aromatic carbocycles. The molecule has 1 amide bonds. The van der Waals surface area contributed by atoms with Gasteiger partial charge in [-0.3, -0.25) is 9.48 Å². The van der Waals surface area contributed by atoms with Crippen molar-refractivity contribution in [1.82, 2.24) is 35.4 Å². The number of aromatic nitrogens is 5. The summed E-state index contributed by atoms with van der Waals surface area (Å²) >= 11 is 0. The first-order valence-electron chi connectivity index (χ1n) is 15.0. The van der Waals surface area contributed by atoms with Gasteiger partial charge in [0.2, 0.25) is 11.9 Å². The molecular formula is C29H42N10O2. The first kappa shape index (κ1) is 27.6. The van der Waals surface area contributed by atoms with Crippen LogP contribution < -0.4 is 25.8 Å². The molecule has 3 aliphatic heterocycles. The largest absolute Gasteiger partial charge is 0.381 e. The maximum absolute atomic E-state index is 13.0. The van der Waals surface area contributed by atoms with E-state index >= 15 is 0 Å². The second-order valence-corrected chi connectivity index (χ2v) is 11.7. The lowest BCUT2D eigenvalue weighted by Gasteiger charge is -2.31. The van der Waals surface area contributed by atoms with Gasteiger partial charge in [-0.1, -0.05) is 0 Å². The maximum atomic E-state index is 13.0. The van der Waals surface area contributed by atoms with Gasteiger partial charge in [0.25, 0.3) is 0 Å². The summed E-state index contributed by atoms with van der Waals surface area (Å²) in [5.74, 6) is 3.17. The van der Waals surface area contributed by atoms with Gasteiger partial charge in [-0.15, -0.1) is 0 Å². The number of piperidine rings is 2. The predicted octanol–water partition coefficient (Wildman–Crippen LogP) is 2.86. The highest BCUT2D eigenvalue weighted by molar-refractivity contribution is 5.92. The zero-order chi connectivity index (χ0) is 28.3. The third-order valence-corrected chi connectivity index (χ3v) is 8.56. The molecule has 3 N–H and O–H groups in total. The average Bonchev–Trinajstić information content (AvgIpc) is 3.63. The van der Waals surface area contributed by atoms with Gasteiger partial charge in [-0.2, -0.15) is 10.1 Å². The Kier molecular flexibility index (Phi) is 8.20. The number of rotatable bonds is 8. The molecule has 12 nitrogen and oxygen atoms in total. The zero-order valence-corrected chi connectivity index (χ0v) is 24.3. The third kappa shape index (κ3) is 6.08. The van der Waals surface area contributed by atoms with Crippen LogP contribution in [-0.2, 0) is 9.53 Å². The molecule has 6 rings (SSSR count). The van der Waals surface area contributed by atoms with Crippen LogP contribution in [0.15, 0.2) is 24.5 Å². The van der Waals surface area contributed by atoms with Crippen LogP contribution in [0.4, 0.5) is 23.4 Å². The van der Waals surface area contributed by atoms with Crippen LogP contribution in [0.1, 0.15) is 52.0 Å². The molecule has 220 valence electrons. The van der Waals surface area contributed by atoms with E-state index in [2.05, 4.69) is 44.6 Å².